The molecule has 0 radical (unpaired) electrons. The van der Waals surface area contributed by atoms with Gasteiger partial charge in [0.25, 0.3) is 0 Å². The van der Waals surface area contributed by atoms with Crippen molar-refractivity contribution in [1.82, 2.24) is 23.8 Å². The van der Waals surface area contributed by atoms with Crippen molar-refractivity contribution in [2.24, 2.45) is 0 Å². The summed E-state index contributed by atoms with van der Waals surface area (Å²) < 4.78 is 69.5. The number of nitrogens with one attached hydrogen (secondary N) is 1. The van der Waals surface area contributed by atoms with Gasteiger partial charge < -0.3 is 9.13 Å². The van der Waals surface area contributed by atoms with E-state index in [1.54, 1.807) is 17.1 Å². The van der Waals surface area contributed by atoms with Gasteiger partial charge in [-0.2, -0.15) is 13.2 Å². The Labute approximate surface area is 181 Å². The van der Waals surface area contributed by atoms with Crippen LogP contribution in [0, 0.1) is 0 Å². The molecule has 3 heterocycles. The summed E-state index contributed by atoms with van der Waals surface area (Å²) in [6.45, 7) is 0. The van der Waals surface area contributed by atoms with Crippen LogP contribution in [0.4, 0.5) is 13.2 Å². The molecular formula is C21H18F3N5O2S. The van der Waals surface area contributed by atoms with E-state index < -0.39 is 21.8 Å². The molecule has 0 atom stereocenters. The number of hydrogen-bond acceptors (Lipinski definition) is 4. The molecule has 0 saturated heterocycles. The minimum atomic E-state index is -4.44. The number of sulfonamides is 1. The summed E-state index contributed by atoms with van der Waals surface area (Å²) in [5.74, 6) is 0. The van der Waals surface area contributed by atoms with Gasteiger partial charge in [-0.3, -0.25) is 0 Å². The highest BCUT2D eigenvalue weighted by Crippen LogP contribution is 2.38. The lowest BCUT2D eigenvalue weighted by Crippen LogP contribution is -2.18. The number of nitrogens with zero attached hydrogens (tertiary/aromatic N) is 4. The summed E-state index contributed by atoms with van der Waals surface area (Å²) in [5, 5.41) is 0.530. The Kier molecular flexibility index (Phi) is 4.64. The van der Waals surface area contributed by atoms with Crippen molar-refractivity contribution in [3.63, 3.8) is 0 Å². The second kappa shape index (κ2) is 7.17. The van der Waals surface area contributed by atoms with E-state index in [1.165, 1.54) is 31.4 Å². The van der Waals surface area contributed by atoms with Crippen LogP contribution >= 0.6 is 0 Å². The average molecular weight is 461 g/mol. The second-order valence-corrected chi connectivity index (χ2v) is 9.53. The molecule has 1 aliphatic rings. The molecule has 166 valence electrons. The van der Waals surface area contributed by atoms with Gasteiger partial charge in [0, 0.05) is 41.3 Å². The Balaban J connectivity index is 1.69. The van der Waals surface area contributed by atoms with Crippen molar-refractivity contribution in [3.8, 4) is 16.9 Å². The number of halogens is 3. The summed E-state index contributed by atoms with van der Waals surface area (Å²) in [5.41, 5.74) is 1.40. The predicted octanol–water partition coefficient (Wildman–Crippen LogP) is 4.15. The van der Waals surface area contributed by atoms with Crippen LogP contribution in [0.15, 0.2) is 60.1 Å². The molecule has 11 heteroatoms. The Morgan fingerprint density at radius 3 is 2.44 bits per heavy atom. The van der Waals surface area contributed by atoms with Gasteiger partial charge in [0.1, 0.15) is 10.5 Å². The molecule has 4 aromatic rings. The predicted molar refractivity (Wildman–Crippen MR) is 112 cm³/mol. The molecule has 1 aliphatic carbocycles. The highest BCUT2D eigenvalue weighted by molar-refractivity contribution is 7.89. The molecule has 0 amide bonds. The summed E-state index contributed by atoms with van der Waals surface area (Å²) in [6.07, 6.45) is 4.28. The molecule has 1 aromatic carbocycles. The monoisotopic (exact) mass is 461 g/mol. The lowest BCUT2D eigenvalue weighted by Gasteiger charge is -2.09. The Morgan fingerprint density at radius 1 is 1.09 bits per heavy atom. The molecule has 1 fully saturated rings. The van der Waals surface area contributed by atoms with E-state index in [1.807, 2.05) is 10.8 Å². The maximum Gasteiger partial charge on any atom is 0.416 e. The normalized spacial score (nSPS) is 14.9. The molecule has 32 heavy (non-hydrogen) atoms. The fourth-order valence-electron chi connectivity index (χ4n) is 3.61. The van der Waals surface area contributed by atoms with Crippen LogP contribution in [0.1, 0.15) is 24.4 Å². The molecule has 7 nitrogen and oxygen atoms in total. The van der Waals surface area contributed by atoms with Crippen molar-refractivity contribution < 1.29 is 21.6 Å². The van der Waals surface area contributed by atoms with Crippen LogP contribution in [0.5, 0.6) is 0 Å². The first-order chi connectivity index (χ1) is 15.2. The van der Waals surface area contributed by atoms with Gasteiger partial charge in [-0.05, 0) is 50.2 Å². The van der Waals surface area contributed by atoms with Crippen molar-refractivity contribution in [1.29, 1.82) is 0 Å². The number of rotatable bonds is 5. The zero-order valence-electron chi connectivity index (χ0n) is 16.8. The molecule has 0 aliphatic heterocycles. The number of alkyl halides is 3. The van der Waals surface area contributed by atoms with Gasteiger partial charge in [-0.15, -0.1) is 0 Å². The van der Waals surface area contributed by atoms with E-state index in [4.69, 9.17) is 0 Å². The SMILES string of the molecule is CNS(=O)(=O)c1cnc2c(c1)c(-c1cn(C3CC3)cn1)cn2-c1ccc(C(F)(F)F)cc1. The smallest absolute Gasteiger partial charge is 0.334 e. The van der Waals surface area contributed by atoms with Gasteiger partial charge in [0.05, 0.1) is 17.6 Å². The van der Waals surface area contributed by atoms with Gasteiger partial charge >= 0.3 is 6.18 Å². The Morgan fingerprint density at radius 2 is 1.81 bits per heavy atom. The lowest BCUT2D eigenvalue weighted by atomic mass is 10.2. The van der Waals surface area contributed by atoms with E-state index in [0.29, 0.717) is 34.0 Å². The quantitative estimate of drug-likeness (QED) is 0.484. The second-order valence-electron chi connectivity index (χ2n) is 7.64. The third-order valence-electron chi connectivity index (χ3n) is 5.52. The van der Waals surface area contributed by atoms with Crippen LogP contribution in [0.2, 0.25) is 0 Å². The Hall–Kier alpha value is -3.18. The molecule has 1 N–H and O–H groups in total. The first kappa shape index (κ1) is 20.7. The van der Waals surface area contributed by atoms with Gasteiger partial charge in [-0.1, -0.05) is 0 Å². The summed E-state index contributed by atoms with van der Waals surface area (Å²) in [7, 11) is -2.43. The van der Waals surface area contributed by atoms with Crippen LogP contribution in [0.25, 0.3) is 28.0 Å². The first-order valence-corrected chi connectivity index (χ1v) is 11.3. The van der Waals surface area contributed by atoms with Crippen LogP contribution < -0.4 is 4.72 Å². The molecule has 0 unspecified atom stereocenters. The maximum atomic E-state index is 13.0. The topological polar surface area (TPSA) is 81.8 Å². The molecule has 0 bridgehead atoms. The molecule has 0 spiro atoms. The number of pyridine rings is 1. The number of fused-ring (bicyclic) bond motifs is 1. The van der Waals surface area contributed by atoms with Crippen molar-refractivity contribution in [3.05, 3.63) is 60.8 Å². The lowest BCUT2D eigenvalue weighted by molar-refractivity contribution is -0.137. The summed E-state index contributed by atoms with van der Waals surface area (Å²) in [4.78, 5) is 8.79. The third kappa shape index (κ3) is 3.56. The minimum absolute atomic E-state index is 0.0134. The van der Waals surface area contributed by atoms with E-state index in [9.17, 15) is 21.6 Å². The highest BCUT2D eigenvalue weighted by Gasteiger charge is 2.30. The van der Waals surface area contributed by atoms with Crippen molar-refractivity contribution in [2.75, 3.05) is 7.05 Å². The van der Waals surface area contributed by atoms with Crippen LogP contribution in [0.3, 0.4) is 0 Å². The minimum Gasteiger partial charge on any atom is -0.334 e. The van der Waals surface area contributed by atoms with Crippen LogP contribution in [-0.4, -0.2) is 34.6 Å². The van der Waals surface area contributed by atoms with Gasteiger partial charge in [0.2, 0.25) is 10.0 Å². The van der Waals surface area contributed by atoms with E-state index in [0.717, 1.165) is 25.0 Å². The number of hydrogen-bond donors (Lipinski definition) is 1. The fraction of sp³-hybridized carbons (Fsp3) is 0.238. The fourth-order valence-corrected chi connectivity index (χ4v) is 4.31. The zero-order chi connectivity index (χ0) is 22.7. The standard InChI is InChI=1S/C21H18F3N5O2S/c1-25-32(30,31)16-8-17-18(19-11-28(12-27-19)14-6-7-14)10-29(20(17)26-9-16)15-4-2-13(3-5-15)21(22,23)24/h2-5,8-12,14,25H,6-7H2,1H3. The van der Waals surface area contributed by atoms with E-state index >= 15 is 0 Å². The summed E-state index contributed by atoms with van der Waals surface area (Å²) >= 11 is 0. The third-order valence-corrected chi connectivity index (χ3v) is 6.90. The zero-order valence-corrected chi connectivity index (χ0v) is 17.7. The van der Waals surface area contributed by atoms with Gasteiger partial charge in [-0.25, -0.2) is 23.1 Å². The summed E-state index contributed by atoms with van der Waals surface area (Å²) in [6, 6.07) is 6.63. The number of imidazole rings is 1. The first-order valence-electron chi connectivity index (χ1n) is 9.83. The molecular weight excluding hydrogens is 443 g/mol. The molecule has 5 rings (SSSR count). The van der Waals surface area contributed by atoms with Crippen LogP contribution in [-0.2, 0) is 16.2 Å². The van der Waals surface area contributed by atoms with E-state index in [-0.39, 0.29) is 4.90 Å². The molecule has 1 saturated carbocycles. The average Bonchev–Trinajstić information content (AvgIpc) is 3.38. The Bertz CT molecular complexity index is 1420. The largest absolute Gasteiger partial charge is 0.416 e. The number of benzene rings is 1. The highest BCUT2D eigenvalue weighted by atomic mass is 32.2. The van der Waals surface area contributed by atoms with Crippen molar-refractivity contribution >= 4 is 21.1 Å². The molecule has 3 aromatic heterocycles. The van der Waals surface area contributed by atoms with E-state index in [2.05, 4.69) is 14.7 Å². The van der Waals surface area contributed by atoms with Crippen molar-refractivity contribution in [2.45, 2.75) is 30.0 Å². The number of aromatic nitrogens is 4. The van der Waals surface area contributed by atoms with Gasteiger partial charge in [0.15, 0.2) is 0 Å². The maximum absolute atomic E-state index is 13.0.